The summed E-state index contributed by atoms with van der Waals surface area (Å²) in [7, 11) is 0. The van der Waals surface area contributed by atoms with Gasteiger partial charge in [-0.15, -0.1) is 12.4 Å². The van der Waals surface area contributed by atoms with Crippen molar-refractivity contribution in [2.24, 2.45) is 5.73 Å². The second-order valence-corrected chi connectivity index (χ2v) is 6.26. The minimum Gasteiger partial charge on any atom is -0.331 e. The third-order valence-electron chi connectivity index (χ3n) is 4.32. The second-order valence-electron chi connectivity index (χ2n) is 6.26. The van der Waals surface area contributed by atoms with Gasteiger partial charge in [-0.2, -0.15) is 13.2 Å². The predicted octanol–water partition coefficient (Wildman–Crippen LogP) is 4.39. The van der Waals surface area contributed by atoms with Crippen LogP contribution < -0.4 is 5.73 Å². The number of hydrogen-bond acceptors (Lipinski definition) is 2. The van der Waals surface area contributed by atoms with Gasteiger partial charge >= 0.3 is 6.18 Å². The zero-order valence-electron chi connectivity index (χ0n) is 14.0. The monoisotopic (exact) mass is 384 g/mol. The Morgan fingerprint density at radius 1 is 1.00 bits per heavy atom. The Morgan fingerprint density at radius 2 is 1.54 bits per heavy atom. The third-order valence-corrected chi connectivity index (χ3v) is 4.32. The average molecular weight is 385 g/mol. The summed E-state index contributed by atoms with van der Waals surface area (Å²) in [6.07, 6.45) is -2.50. The summed E-state index contributed by atoms with van der Waals surface area (Å²) < 4.78 is 38.0. The number of carbonyl (C=O) groups is 1. The second kappa shape index (κ2) is 8.10. The van der Waals surface area contributed by atoms with Gasteiger partial charge in [0.05, 0.1) is 5.56 Å². The van der Waals surface area contributed by atoms with Crippen molar-refractivity contribution in [1.82, 2.24) is 4.90 Å². The Morgan fingerprint density at radius 3 is 2.00 bits per heavy atom. The smallest absolute Gasteiger partial charge is 0.331 e. The zero-order chi connectivity index (χ0) is 18.0. The number of nitrogens with two attached hydrogens (primary N) is 1. The Bertz CT molecular complexity index is 741. The van der Waals surface area contributed by atoms with Gasteiger partial charge < -0.3 is 10.6 Å². The molecule has 0 atom stereocenters. The van der Waals surface area contributed by atoms with Crippen LogP contribution in [-0.4, -0.2) is 16.8 Å². The van der Waals surface area contributed by atoms with Crippen LogP contribution >= 0.6 is 12.4 Å². The fourth-order valence-electron chi connectivity index (χ4n) is 2.70. The molecule has 3 rings (SSSR count). The number of hydrogen-bond donors (Lipinski definition) is 1. The molecule has 2 N–H and O–H groups in total. The normalized spacial score (nSPS) is 13.8. The van der Waals surface area contributed by atoms with Crippen molar-refractivity contribution >= 4 is 18.3 Å². The van der Waals surface area contributed by atoms with Crippen LogP contribution in [0.1, 0.15) is 39.9 Å². The highest BCUT2D eigenvalue weighted by Crippen LogP contribution is 2.32. The van der Waals surface area contributed by atoms with Gasteiger partial charge in [0, 0.05) is 24.7 Å². The Balaban J connectivity index is 0.00000243. The molecule has 1 aliphatic carbocycles. The molecule has 1 amide bonds. The van der Waals surface area contributed by atoms with Crippen LogP contribution in [0.2, 0.25) is 0 Å². The first-order valence-corrected chi connectivity index (χ1v) is 8.14. The largest absolute Gasteiger partial charge is 0.416 e. The SMILES string of the molecule is Cl.NCc1ccc(C(=O)N(Cc2ccc(C(F)(F)F)cc2)C2CC2)cc1. The summed E-state index contributed by atoms with van der Waals surface area (Å²) in [5, 5.41) is 0. The lowest BCUT2D eigenvalue weighted by atomic mass is 10.1. The highest BCUT2D eigenvalue weighted by molar-refractivity contribution is 5.94. The first-order chi connectivity index (χ1) is 11.9. The molecule has 2 aromatic carbocycles. The van der Waals surface area contributed by atoms with Crippen molar-refractivity contribution in [1.29, 1.82) is 0 Å². The fourth-order valence-corrected chi connectivity index (χ4v) is 2.70. The average Bonchev–Trinajstić information content (AvgIpc) is 3.44. The number of benzene rings is 2. The fraction of sp³-hybridized carbons (Fsp3) is 0.316. The highest BCUT2D eigenvalue weighted by atomic mass is 35.5. The Labute approximate surface area is 156 Å². The maximum Gasteiger partial charge on any atom is 0.416 e. The van der Waals surface area contributed by atoms with Crippen LogP contribution in [0.15, 0.2) is 48.5 Å². The van der Waals surface area contributed by atoms with Crippen molar-refractivity contribution in [3.63, 3.8) is 0 Å². The molecular weight excluding hydrogens is 365 g/mol. The van der Waals surface area contributed by atoms with Gasteiger partial charge in [-0.25, -0.2) is 0 Å². The van der Waals surface area contributed by atoms with E-state index >= 15 is 0 Å². The summed E-state index contributed by atoms with van der Waals surface area (Å²) in [6.45, 7) is 0.715. The van der Waals surface area contributed by atoms with Crippen molar-refractivity contribution in [3.8, 4) is 0 Å². The molecule has 0 bridgehead atoms. The summed E-state index contributed by atoms with van der Waals surface area (Å²) in [4.78, 5) is 14.5. The van der Waals surface area contributed by atoms with Gasteiger partial charge in [0.15, 0.2) is 0 Å². The van der Waals surface area contributed by atoms with E-state index in [-0.39, 0.29) is 24.4 Å². The number of alkyl halides is 3. The number of rotatable bonds is 5. The van der Waals surface area contributed by atoms with Crippen LogP contribution in [0.4, 0.5) is 13.2 Å². The van der Waals surface area contributed by atoms with E-state index in [9.17, 15) is 18.0 Å². The summed E-state index contributed by atoms with van der Waals surface area (Å²) in [5.74, 6) is -0.106. The maximum atomic E-state index is 12.8. The Kier molecular flexibility index (Phi) is 6.31. The van der Waals surface area contributed by atoms with E-state index in [2.05, 4.69) is 0 Å². The van der Waals surface area contributed by atoms with Crippen LogP contribution in [0.25, 0.3) is 0 Å². The molecule has 3 nitrogen and oxygen atoms in total. The number of amides is 1. The number of carbonyl (C=O) groups excluding carboxylic acids is 1. The molecule has 0 unspecified atom stereocenters. The van der Waals surface area contributed by atoms with Crippen LogP contribution in [0, 0.1) is 0 Å². The van der Waals surface area contributed by atoms with Crippen molar-refractivity contribution < 1.29 is 18.0 Å². The molecule has 7 heteroatoms. The van der Waals surface area contributed by atoms with Gasteiger partial charge in [-0.05, 0) is 48.2 Å². The molecule has 0 aromatic heterocycles. The molecule has 1 saturated carbocycles. The molecule has 2 aromatic rings. The highest BCUT2D eigenvalue weighted by Gasteiger charge is 2.34. The number of nitrogens with zero attached hydrogens (tertiary/aromatic N) is 1. The maximum absolute atomic E-state index is 12.8. The molecule has 0 heterocycles. The molecular formula is C19H20ClF3N2O. The van der Waals surface area contributed by atoms with Gasteiger partial charge in [-0.1, -0.05) is 24.3 Å². The quantitative estimate of drug-likeness (QED) is 0.831. The molecule has 140 valence electrons. The Hall–Kier alpha value is -2.05. The van der Waals surface area contributed by atoms with Gasteiger partial charge in [0.25, 0.3) is 5.91 Å². The molecule has 26 heavy (non-hydrogen) atoms. The molecule has 0 spiro atoms. The molecule has 1 aliphatic rings. The number of halogens is 4. The standard InChI is InChI=1S/C19H19F3N2O.ClH/c20-19(21,22)16-7-3-14(4-8-16)12-24(17-9-10-17)18(25)15-5-1-13(11-23)2-6-15;/h1-8,17H,9-12,23H2;1H. The molecule has 1 fully saturated rings. The van der Waals surface area contributed by atoms with Crippen LogP contribution in [-0.2, 0) is 19.3 Å². The molecule has 0 radical (unpaired) electrons. The van der Waals surface area contributed by atoms with E-state index in [0.29, 0.717) is 24.2 Å². The van der Waals surface area contributed by atoms with Crippen molar-refractivity contribution in [2.45, 2.75) is 38.1 Å². The third kappa shape index (κ3) is 4.77. The van der Waals surface area contributed by atoms with E-state index in [1.165, 1.54) is 12.1 Å². The van der Waals surface area contributed by atoms with E-state index in [0.717, 1.165) is 30.5 Å². The lowest BCUT2D eigenvalue weighted by Gasteiger charge is -2.23. The molecule has 0 aliphatic heterocycles. The first-order valence-electron chi connectivity index (χ1n) is 8.14. The first kappa shape index (κ1) is 20.3. The molecule has 0 saturated heterocycles. The minimum atomic E-state index is -4.35. The zero-order valence-corrected chi connectivity index (χ0v) is 14.8. The van der Waals surface area contributed by atoms with Gasteiger partial charge in [0.1, 0.15) is 0 Å². The van der Waals surface area contributed by atoms with Crippen LogP contribution in [0.3, 0.4) is 0 Å². The summed E-state index contributed by atoms with van der Waals surface area (Å²) >= 11 is 0. The van der Waals surface area contributed by atoms with E-state index in [1.807, 2.05) is 12.1 Å². The van der Waals surface area contributed by atoms with Crippen molar-refractivity contribution in [2.75, 3.05) is 0 Å². The van der Waals surface area contributed by atoms with Crippen LogP contribution in [0.5, 0.6) is 0 Å². The van der Waals surface area contributed by atoms with E-state index < -0.39 is 11.7 Å². The van der Waals surface area contributed by atoms with E-state index in [4.69, 9.17) is 5.73 Å². The van der Waals surface area contributed by atoms with Gasteiger partial charge in [-0.3, -0.25) is 4.79 Å². The lowest BCUT2D eigenvalue weighted by molar-refractivity contribution is -0.137. The van der Waals surface area contributed by atoms with E-state index in [1.54, 1.807) is 17.0 Å². The summed E-state index contributed by atoms with van der Waals surface area (Å²) in [6, 6.07) is 12.3. The predicted molar refractivity (Wildman–Crippen MR) is 95.9 cm³/mol. The van der Waals surface area contributed by atoms with Crippen molar-refractivity contribution in [3.05, 3.63) is 70.8 Å². The summed E-state index contributed by atoms with van der Waals surface area (Å²) in [5.41, 5.74) is 7.08. The van der Waals surface area contributed by atoms with Gasteiger partial charge in [0.2, 0.25) is 0 Å². The minimum absolute atomic E-state index is 0. The lowest BCUT2D eigenvalue weighted by Crippen LogP contribution is -2.32. The topological polar surface area (TPSA) is 46.3 Å².